The molecule has 1 aromatic carbocycles. The van der Waals surface area contributed by atoms with Crippen molar-refractivity contribution in [2.45, 2.75) is 0 Å². The van der Waals surface area contributed by atoms with Gasteiger partial charge in [0.25, 0.3) is 0 Å². The van der Waals surface area contributed by atoms with Crippen LogP contribution in [0.2, 0.25) is 0 Å². The third kappa shape index (κ3) is 3.35. The average Bonchev–Trinajstić information content (AvgIpc) is 2.26. The van der Waals surface area contributed by atoms with Crippen molar-refractivity contribution in [3.05, 3.63) is 29.8 Å². The van der Waals surface area contributed by atoms with Gasteiger partial charge in [0.15, 0.2) is 18.1 Å². The van der Waals surface area contributed by atoms with E-state index in [-0.39, 0.29) is 18.1 Å². The highest BCUT2D eigenvalue weighted by Gasteiger charge is 2.02. The van der Waals surface area contributed by atoms with E-state index < -0.39 is 5.97 Å². The fraction of sp³-hybridized carbons (Fsp3) is 0.0909. The van der Waals surface area contributed by atoms with Crippen LogP contribution in [0.3, 0.4) is 0 Å². The Bertz CT molecular complexity index is 460. The van der Waals surface area contributed by atoms with Gasteiger partial charge < -0.3 is 14.9 Å². The van der Waals surface area contributed by atoms with Crippen LogP contribution >= 0.6 is 0 Å². The lowest BCUT2D eigenvalue weighted by Crippen LogP contribution is -1.94. The summed E-state index contributed by atoms with van der Waals surface area (Å²) in [6.07, 6.45) is 2.33. The van der Waals surface area contributed by atoms with Crippen LogP contribution in [0.5, 0.6) is 11.5 Å². The van der Waals surface area contributed by atoms with Crippen LogP contribution in [0.25, 0.3) is 6.08 Å². The zero-order chi connectivity index (χ0) is 12.0. The predicted molar refractivity (Wildman–Crippen MR) is 55.9 cm³/mol. The van der Waals surface area contributed by atoms with Gasteiger partial charge in [0, 0.05) is 6.08 Å². The van der Waals surface area contributed by atoms with Crippen LogP contribution in [-0.4, -0.2) is 22.8 Å². The van der Waals surface area contributed by atoms with Gasteiger partial charge in [-0.25, -0.2) is 4.79 Å². The molecule has 0 atom stereocenters. The first kappa shape index (κ1) is 11.6. The highest BCUT2D eigenvalue weighted by atomic mass is 16.5. The molecule has 1 aromatic rings. The molecule has 0 amide bonds. The summed E-state index contributed by atoms with van der Waals surface area (Å²) in [6, 6.07) is 6.12. The van der Waals surface area contributed by atoms with Crippen molar-refractivity contribution in [3.8, 4) is 17.6 Å². The highest BCUT2D eigenvalue weighted by Crippen LogP contribution is 2.27. The molecule has 0 aliphatic heterocycles. The lowest BCUT2D eigenvalue weighted by Gasteiger charge is -2.04. The number of phenolic OH excluding ortho intramolecular Hbond substituents is 1. The van der Waals surface area contributed by atoms with Crippen molar-refractivity contribution in [1.82, 2.24) is 0 Å². The summed E-state index contributed by atoms with van der Waals surface area (Å²) in [5, 5.41) is 26.1. The van der Waals surface area contributed by atoms with Crippen LogP contribution in [0.1, 0.15) is 5.56 Å². The second kappa shape index (κ2) is 5.41. The molecule has 16 heavy (non-hydrogen) atoms. The summed E-state index contributed by atoms with van der Waals surface area (Å²) in [4.78, 5) is 10.3. The first-order valence-corrected chi connectivity index (χ1v) is 4.37. The van der Waals surface area contributed by atoms with Gasteiger partial charge in [-0.2, -0.15) is 5.26 Å². The van der Waals surface area contributed by atoms with Gasteiger partial charge in [0.05, 0.1) is 0 Å². The number of phenols is 1. The zero-order valence-corrected chi connectivity index (χ0v) is 8.25. The van der Waals surface area contributed by atoms with Gasteiger partial charge in [0.2, 0.25) is 0 Å². The van der Waals surface area contributed by atoms with Gasteiger partial charge >= 0.3 is 5.97 Å². The normalized spacial score (nSPS) is 9.94. The Hall–Kier alpha value is -2.48. The maximum absolute atomic E-state index is 10.3. The smallest absolute Gasteiger partial charge is 0.328 e. The minimum Gasteiger partial charge on any atom is -0.504 e. The van der Waals surface area contributed by atoms with Gasteiger partial charge in [0.1, 0.15) is 6.07 Å². The topological polar surface area (TPSA) is 90.5 Å². The number of aliphatic carboxylic acids is 1. The third-order valence-corrected chi connectivity index (χ3v) is 1.69. The van der Waals surface area contributed by atoms with Crippen LogP contribution < -0.4 is 4.74 Å². The first-order valence-electron chi connectivity index (χ1n) is 4.37. The molecule has 0 radical (unpaired) electrons. The number of nitriles is 1. The Morgan fingerprint density at radius 2 is 2.31 bits per heavy atom. The lowest BCUT2D eigenvalue weighted by atomic mass is 10.2. The number of hydrogen-bond acceptors (Lipinski definition) is 4. The molecular formula is C11H9NO4. The number of aromatic hydroxyl groups is 1. The molecule has 0 aliphatic carbocycles. The largest absolute Gasteiger partial charge is 0.504 e. The summed E-state index contributed by atoms with van der Waals surface area (Å²) in [7, 11) is 0. The average molecular weight is 219 g/mol. The third-order valence-electron chi connectivity index (χ3n) is 1.69. The molecular weight excluding hydrogens is 210 g/mol. The predicted octanol–water partition coefficient (Wildman–Crippen LogP) is 1.39. The molecule has 0 aliphatic rings. The van der Waals surface area contributed by atoms with E-state index in [4.69, 9.17) is 15.1 Å². The van der Waals surface area contributed by atoms with Crippen molar-refractivity contribution in [1.29, 1.82) is 5.26 Å². The van der Waals surface area contributed by atoms with E-state index in [1.807, 2.05) is 0 Å². The van der Waals surface area contributed by atoms with E-state index >= 15 is 0 Å². The SMILES string of the molecule is N#CCOc1cc(C=CC(=O)O)ccc1O. The second-order valence-electron chi connectivity index (χ2n) is 2.85. The molecule has 0 unspecified atom stereocenters. The Morgan fingerprint density at radius 3 is 2.94 bits per heavy atom. The molecule has 82 valence electrons. The van der Waals surface area contributed by atoms with Gasteiger partial charge in [-0.05, 0) is 23.8 Å². The summed E-state index contributed by atoms with van der Waals surface area (Å²) in [5.74, 6) is -1.01. The highest BCUT2D eigenvalue weighted by molar-refractivity contribution is 5.85. The van der Waals surface area contributed by atoms with E-state index in [1.165, 1.54) is 24.3 Å². The molecule has 0 saturated heterocycles. The molecule has 0 heterocycles. The van der Waals surface area contributed by atoms with E-state index in [9.17, 15) is 9.90 Å². The van der Waals surface area contributed by atoms with Gasteiger partial charge in [-0.1, -0.05) is 6.07 Å². The molecule has 1 rings (SSSR count). The van der Waals surface area contributed by atoms with Crippen LogP contribution in [0.4, 0.5) is 0 Å². The summed E-state index contributed by atoms with van der Waals surface area (Å²) in [5.41, 5.74) is 0.563. The maximum atomic E-state index is 10.3. The fourth-order valence-electron chi connectivity index (χ4n) is 1.03. The summed E-state index contributed by atoms with van der Waals surface area (Å²) >= 11 is 0. The Kier molecular flexibility index (Phi) is 3.92. The number of carboxylic acid groups (broad SMARTS) is 1. The van der Waals surface area contributed by atoms with Crippen molar-refractivity contribution >= 4 is 12.0 Å². The molecule has 0 aromatic heterocycles. The van der Waals surface area contributed by atoms with Gasteiger partial charge in [-0.3, -0.25) is 0 Å². The Labute approximate surface area is 91.8 Å². The number of carboxylic acids is 1. The first-order chi connectivity index (χ1) is 7.63. The van der Waals surface area contributed by atoms with Crippen molar-refractivity contribution in [2.75, 3.05) is 6.61 Å². The Morgan fingerprint density at radius 1 is 1.56 bits per heavy atom. The van der Waals surface area contributed by atoms with Crippen LogP contribution in [0, 0.1) is 11.3 Å². The molecule has 5 heteroatoms. The Balaban J connectivity index is 2.89. The molecule has 0 bridgehead atoms. The maximum Gasteiger partial charge on any atom is 0.328 e. The van der Waals surface area contributed by atoms with Crippen molar-refractivity contribution in [2.24, 2.45) is 0 Å². The van der Waals surface area contributed by atoms with E-state index in [0.717, 1.165) is 6.08 Å². The lowest BCUT2D eigenvalue weighted by molar-refractivity contribution is -0.131. The number of nitrogens with zero attached hydrogens (tertiary/aromatic N) is 1. The molecule has 0 spiro atoms. The monoisotopic (exact) mass is 219 g/mol. The van der Waals surface area contributed by atoms with Crippen LogP contribution in [0.15, 0.2) is 24.3 Å². The second-order valence-corrected chi connectivity index (χ2v) is 2.85. The number of hydrogen-bond donors (Lipinski definition) is 2. The molecule has 0 saturated carbocycles. The van der Waals surface area contributed by atoms with Crippen LogP contribution in [-0.2, 0) is 4.79 Å². The van der Waals surface area contributed by atoms with E-state index in [2.05, 4.69) is 0 Å². The van der Waals surface area contributed by atoms with Crippen molar-refractivity contribution in [3.63, 3.8) is 0 Å². The number of carbonyl (C=O) groups is 1. The zero-order valence-electron chi connectivity index (χ0n) is 8.25. The summed E-state index contributed by atoms with van der Waals surface area (Å²) in [6.45, 7) is -0.181. The van der Waals surface area contributed by atoms with E-state index in [1.54, 1.807) is 6.07 Å². The number of benzene rings is 1. The number of ether oxygens (including phenoxy) is 1. The quantitative estimate of drug-likeness (QED) is 0.747. The molecule has 2 N–H and O–H groups in total. The minimum atomic E-state index is -1.06. The van der Waals surface area contributed by atoms with Crippen molar-refractivity contribution < 1.29 is 19.7 Å². The van der Waals surface area contributed by atoms with E-state index in [0.29, 0.717) is 5.56 Å². The fourth-order valence-corrected chi connectivity index (χ4v) is 1.03. The minimum absolute atomic E-state index is 0.0947. The standard InChI is InChI=1S/C11H9NO4/c12-5-6-16-10-7-8(1-3-9(10)13)2-4-11(14)15/h1-4,7,13H,6H2,(H,14,15). The summed E-state index contributed by atoms with van der Waals surface area (Å²) < 4.78 is 4.94. The van der Waals surface area contributed by atoms with Gasteiger partial charge in [-0.15, -0.1) is 0 Å². The molecule has 0 fully saturated rings. The number of rotatable bonds is 4. The molecule has 5 nitrogen and oxygen atoms in total.